The first-order valence-electron chi connectivity index (χ1n) is 6.66. The zero-order valence-electron chi connectivity index (χ0n) is 12.4. The molecule has 5 heteroatoms. The van der Waals surface area contributed by atoms with Crippen molar-refractivity contribution in [3.05, 3.63) is 34.9 Å². The predicted molar refractivity (Wildman–Crippen MR) is 76.1 cm³/mol. The summed E-state index contributed by atoms with van der Waals surface area (Å²) in [6, 6.07) is 2.46. The lowest BCUT2D eigenvalue weighted by molar-refractivity contribution is 0.543. The van der Waals surface area contributed by atoms with E-state index in [1.165, 1.54) is 11.3 Å². The van der Waals surface area contributed by atoms with E-state index in [0.717, 1.165) is 24.2 Å². The van der Waals surface area contributed by atoms with Gasteiger partial charge in [0.25, 0.3) is 0 Å². The summed E-state index contributed by atoms with van der Waals surface area (Å²) in [5, 5.41) is 12.3. The molecule has 0 saturated carbocycles. The fraction of sp³-hybridized carbons (Fsp3) is 0.571. The number of likely N-dealkylation sites (N-methyl/N-ethyl adjacent to an activating group) is 1. The lowest BCUT2D eigenvalue weighted by Crippen LogP contribution is -2.30. The minimum atomic E-state index is 0.386. The molecule has 2 aromatic heterocycles. The van der Waals surface area contributed by atoms with Gasteiger partial charge in [-0.05, 0) is 38.9 Å². The molecule has 0 bridgehead atoms. The van der Waals surface area contributed by atoms with E-state index in [-0.39, 0.29) is 0 Å². The van der Waals surface area contributed by atoms with Crippen LogP contribution < -0.4 is 5.32 Å². The molecule has 2 rings (SSSR count). The van der Waals surface area contributed by atoms with E-state index in [1.807, 2.05) is 36.7 Å². The van der Waals surface area contributed by atoms with Crippen molar-refractivity contribution in [1.82, 2.24) is 24.9 Å². The predicted octanol–water partition coefficient (Wildman–Crippen LogP) is 1.14. The Morgan fingerprint density at radius 3 is 2.42 bits per heavy atom. The fourth-order valence-electron chi connectivity index (χ4n) is 2.46. The van der Waals surface area contributed by atoms with Gasteiger partial charge in [0, 0.05) is 38.4 Å². The van der Waals surface area contributed by atoms with Gasteiger partial charge < -0.3 is 5.32 Å². The second-order valence-electron chi connectivity index (χ2n) is 5.15. The minimum absolute atomic E-state index is 0.386. The van der Waals surface area contributed by atoms with Crippen LogP contribution in [0.1, 0.15) is 22.6 Å². The molecule has 0 spiro atoms. The average molecular weight is 261 g/mol. The van der Waals surface area contributed by atoms with Crippen LogP contribution in [0.3, 0.4) is 0 Å². The molecule has 2 heterocycles. The third-order valence-electron chi connectivity index (χ3n) is 3.74. The van der Waals surface area contributed by atoms with Crippen LogP contribution in [0.2, 0.25) is 0 Å². The van der Waals surface area contributed by atoms with Crippen LogP contribution in [-0.4, -0.2) is 32.7 Å². The second kappa shape index (κ2) is 5.57. The summed E-state index contributed by atoms with van der Waals surface area (Å²) in [7, 11) is 5.96. The van der Waals surface area contributed by atoms with Gasteiger partial charge in [0.2, 0.25) is 0 Å². The third kappa shape index (κ3) is 3.04. The first kappa shape index (κ1) is 13.8. The van der Waals surface area contributed by atoms with Gasteiger partial charge in [0.15, 0.2) is 0 Å². The molecular weight excluding hydrogens is 238 g/mol. The van der Waals surface area contributed by atoms with Crippen LogP contribution in [0.5, 0.6) is 0 Å². The second-order valence-corrected chi connectivity index (χ2v) is 5.15. The molecule has 1 atom stereocenters. The Kier molecular flexibility index (Phi) is 4.04. The Balaban J connectivity index is 2.10. The maximum absolute atomic E-state index is 4.48. The molecule has 1 unspecified atom stereocenters. The molecule has 19 heavy (non-hydrogen) atoms. The summed E-state index contributed by atoms with van der Waals surface area (Å²) >= 11 is 0. The molecule has 0 amide bonds. The topological polar surface area (TPSA) is 47.7 Å². The maximum atomic E-state index is 4.48. The first-order chi connectivity index (χ1) is 9.01. The zero-order chi connectivity index (χ0) is 14.0. The van der Waals surface area contributed by atoms with Gasteiger partial charge >= 0.3 is 0 Å². The number of hydrogen-bond donors (Lipinski definition) is 1. The van der Waals surface area contributed by atoms with Gasteiger partial charge in [-0.1, -0.05) is 0 Å². The number of aromatic nitrogens is 4. The van der Waals surface area contributed by atoms with Crippen LogP contribution in [0, 0.1) is 13.8 Å². The number of rotatable bonds is 5. The van der Waals surface area contributed by atoms with Gasteiger partial charge in [-0.3, -0.25) is 9.36 Å². The Labute approximate surface area is 114 Å². The zero-order valence-corrected chi connectivity index (χ0v) is 12.4. The van der Waals surface area contributed by atoms with Crippen LogP contribution >= 0.6 is 0 Å². The minimum Gasteiger partial charge on any atom is -0.316 e. The van der Waals surface area contributed by atoms with E-state index in [0.29, 0.717) is 6.04 Å². The average Bonchev–Trinajstić information content (AvgIpc) is 2.87. The lowest BCUT2D eigenvalue weighted by Gasteiger charge is -2.15. The monoisotopic (exact) mass is 261 g/mol. The highest BCUT2D eigenvalue weighted by molar-refractivity contribution is 5.25. The molecular formula is C14H23N5. The smallest absolute Gasteiger partial charge is 0.0640 e. The van der Waals surface area contributed by atoms with E-state index < -0.39 is 0 Å². The van der Waals surface area contributed by atoms with Crippen molar-refractivity contribution in [2.24, 2.45) is 14.1 Å². The van der Waals surface area contributed by atoms with E-state index >= 15 is 0 Å². The molecule has 0 aliphatic carbocycles. The Hall–Kier alpha value is -1.62. The van der Waals surface area contributed by atoms with Gasteiger partial charge in [-0.25, -0.2) is 0 Å². The van der Waals surface area contributed by atoms with Gasteiger partial charge in [-0.15, -0.1) is 0 Å². The Bertz CT molecular complexity index is 552. The molecule has 5 nitrogen and oxygen atoms in total. The molecule has 0 aromatic carbocycles. The van der Waals surface area contributed by atoms with E-state index in [2.05, 4.69) is 35.4 Å². The fourth-order valence-corrected chi connectivity index (χ4v) is 2.46. The molecule has 104 valence electrons. The maximum Gasteiger partial charge on any atom is 0.0640 e. The quantitative estimate of drug-likeness (QED) is 0.878. The lowest BCUT2D eigenvalue weighted by atomic mass is 10.0. The number of nitrogens with zero attached hydrogens (tertiary/aromatic N) is 4. The molecule has 0 radical (unpaired) electrons. The standard InChI is InChI=1S/C14H23N5/c1-10-14(11(2)19(5)16-10)9-13(15-3)8-12-6-7-18(4)17-12/h6-7,13,15H,8-9H2,1-5H3. The van der Waals surface area contributed by atoms with Gasteiger partial charge in [0.05, 0.1) is 11.4 Å². The highest BCUT2D eigenvalue weighted by Gasteiger charge is 2.16. The number of aryl methyl sites for hydroxylation is 3. The van der Waals surface area contributed by atoms with Gasteiger partial charge in [0.1, 0.15) is 0 Å². The van der Waals surface area contributed by atoms with Crippen LogP contribution in [0.4, 0.5) is 0 Å². The van der Waals surface area contributed by atoms with Crippen LogP contribution in [0.25, 0.3) is 0 Å². The SMILES string of the molecule is CNC(Cc1ccn(C)n1)Cc1c(C)nn(C)c1C. The normalized spacial score (nSPS) is 12.9. The van der Waals surface area contributed by atoms with E-state index in [9.17, 15) is 0 Å². The molecule has 1 N–H and O–H groups in total. The summed E-state index contributed by atoms with van der Waals surface area (Å²) in [5.41, 5.74) is 4.85. The summed E-state index contributed by atoms with van der Waals surface area (Å²) in [6.45, 7) is 4.21. The molecule has 0 fully saturated rings. The molecule has 0 aliphatic heterocycles. The largest absolute Gasteiger partial charge is 0.316 e. The molecule has 2 aromatic rings. The summed E-state index contributed by atoms with van der Waals surface area (Å²) in [6.07, 6.45) is 3.91. The third-order valence-corrected chi connectivity index (χ3v) is 3.74. The summed E-state index contributed by atoms with van der Waals surface area (Å²) in [4.78, 5) is 0. The number of nitrogens with one attached hydrogen (secondary N) is 1. The molecule has 0 saturated heterocycles. The molecule has 0 aliphatic rings. The Morgan fingerprint density at radius 2 is 1.95 bits per heavy atom. The summed E-state index contributed by atoms with van der Waals surface area (Å²) < 4.78 is 3.81. The highest BCUT2D eigenvalue weighted by Crippen LogP contribution is 2.15. The van der Waals surface area contributed by atoms with E-state index in [1.54, 1.807) is 0 Å². The summed E-state index contributed by atoms with van der Waals surface area (Å²) in [5.74, 6) is 0. The van der Waals surface area contributed by atoms with Crippen molar-refractivity contribution < 1.29 is 0 Å². The van der Waals surface area contributed by atoms with Crippen molar-refractivity contribution in [1.29, 1.82) is 0 Å². The van der Waals surface area contributed by atoms with Crippen molar-refractivity contribution in [3.8, 4) is 0 Å². The first-order valence-corrected chi connectivity index (χ1v) is 6.66. The van der Waals surface area contributed by atoms with Crippen molar-refractivity contribution in [2.45, 2.75) is 32.7 Å². The van der Waals surface area contributed by atoms with Crippen molar-refractivity contribution >= 4 is 0 Å². The highest BCUT2D eigenvalue weighted by atomic mass is 15.3. The van der Waals surface area contributed by atoms with Crippen molar-refractivity contribution in [3.63, 3.8) is 0 Å². The number of hydrogen-bond acceptors (Lipinski definition) is 3. The van der Waals surface area contributed by atoms with Crippen LogP contribution in [0.15, 0.2) is 12.3 Å². The van der Waals surface area contributed by atoms with Gasteiger partial charge in [-0.2, -0.15) is 10.2 Å². The van der Waals surface area contributed by atoms with E-state index in [4.69, 9.17) is 0 Å². The van der Waals surface area contributed by atoms with Crippen molar-refractivity contribution in [2.75, 3.05) is 7.05 Å². The van der Waals surface area contributed by atoms with Crippen LogP contribution in [-0.2, 0) is 26.9 Å². The Morgan fingerprint density at radius 1 is 1.21 bits per heavy atom.